The molecule has 1 aromatic rings. The fraction of sp³-hybridized carbons (Fsp3) is 0.500. The lowest BCUT2D eigenvalue weighted by Gasteiger charge is -2.38. The number of fused-ring (bicyclic) bond motifs is 1. The van der Waals surface area contributed by atoms with Crippen molar-refractivity contribution in [2.75, 3.05) is 18.5 Å². The van der Waals surface area contributed by atoms with E-state index in [4.69, 9.17) is 10.5 Å². The van der Waals surface area contributed by atoms with E-state index in [0.717, 1.165) is 0 Å². The first-order chi connectivity index (χ1) is 7.97. The van der Waals surface area contributed by atoms with E-state index >= 15 is 0 Å². The summed E-state index contributed by atoms with van der Waals surface area (Å²) >= 11 is 0. The second kappa shape index (κ2) is 4.00. The van der Waals surface area contributed by atoms with Crippen LogP contribution in [0.15, 0.2) is 18.3 Å². The Kier molecular flexibility index (Phi) is 2.79. The molecule has 0 aromatic carbocycles. The van der Waals surface area contributed by atoms with Gasteiger partial charge in [0, 0.05) is 25.2 Å². The summed E-state index contributed by atoms with van der Waals surface area (Å²) < 4.78 is 5.74. The summed E-state index contributed by atoms with van der Waals surface area (Å²) in [5.74, 6) is 1.08. The number of pyridine rings is 1. The average molecular weight is 235 g/mol. The molecule has 0 bridgehead atoms. The Labute approximate surface area is 101 Å². The molecule has 17 heavy (non-hydrogen) atoms. The maximum Gasteiger partial charge on any atom is 0.269 e. The summed E-state index contributed by atoms with van der Waals surface area (Å²) in [6, 6.07) is 3.60. The lowest BCUT2D eigenvalue weighted by molar-refractivity contribution is -0.131. The van der Waals surface area contributed by atoms with Crippen LogP contribution < -0.4 is 15.4 Å². The summed E-state index contributed by atoms with van der Waals surface area (Å²) in [5.41, 5.74) is 5.29. The van der Waals surface area contributed by atoms with Crippen molar-refractivity contribution in [2.24, 2.45) is 11.1 Å². The number of carbonyl (C=O) groups excluding carboxylic acids is 1. The summed E-state index contributed by atoms with van der Waals surface area (Å²) in [6.45, 7) is 4.22. The van der Waals surface area contributed by atoms with E-state index in [2.05, 4.69) is 4.98 Å². The molecule has 1 atom stereocenters. The van der Waals surface area contributed by atoms with Crippen molar-refractivity contribution in [3.05, 3.63) is 18.3 Å². The summed E-state index contributed by atoms with van der Waals surface area (Å²) in [4.78, 5) is 17.9. The van der Waals surface area contributed by atoms with E-state index in [-0.39, 0.29) is 5.91 Å². The Hall–Kier alpha value is -1.62. The molecule has 1 aliphatic rings. The van der Waals surface area contributed by atoms with Gasteiger partial charge in [-0.25, -0.2) is 4.98 Å². The molecule has 1 amide bonds. The molecular formula is C12H17N3O2. The van der Waals surface area contributed by atoms with Gasteiger partial charge in [-0.2, -0.15) is 0 Å². The van der Waals surface area contributed by atoms with Crippen molar-refractivity contribution in [2.45, 2.75) is 20.0 Å². The van der Waals surface area contributed by atoms with Gasteiger partial charge >= 0.3 is 0 Å². The molecule has 1 aliphatic heterocycles. The molecule has 0 fully saturated rings. The van der Waals surface area contributed by atoms with Gasteiger partial charge in [-0.05, 0) is 12.1 Å². The first kappa shape index (κ1) is 11.9. The number of nitrogens with zero attached hydrogens (tertiary/aromatic N) is 2. The van der Waals surface area contributed by atoms with E-state index in [1.54, 1.807) is 19.3 Å². The number of nitrogens with two attached hydrogens (primary N) is 1. The molecule has 0 spiro atoms. The molecule has 2 heterocycles. The van der Waals surface area contributed by atoms with Crippen LogP contribution in [0.4, 0.5) is 5.82 Å². The Morgan fingerprint density at radius 1 is 1.59 bits per heavy atom. The van der Waals surface area contributed by atoms with E-state index in [1.165, 1.54) is 4.90 Å². The van der Waals surface area contributed by atoms with Crippen molar-refractivity contribution in [3.63, 3.8) is 0 Å². The van der Waals surface area contributed by atoms with Crippen LogP contribution in [-0.2, 0) is 4.79 Å². The molecule has 0 saturated carbocycles. The Morgan fingerprint density at radius 2 is 2.29 bits per heavy atom. The van der Waals surface area contributed by atoms with Gasteiger partial charge < -0.3 is 10.5 Å². The minimum absolute atomic E-state index is 0.105. The van der Waals surface area contributed by atoms with Crippen LogP contribution in [0.2, 0.25) is 0 Å². The Bertz CT molecular complexity index is 445. The zero-order valence-corrected chi connectivity index (χ0v) is 10.3. The van der Waals surface area contributed by atoms with Crippen molar-refractivity contribution >= 4 is 11.7 Å². The molecule has 92 valence electrons. The van der Waals surface area contributed by atoms with Gasteiger partial charge in [0.05, 0.1) is 0 Å². The van der Waals surface area contributed by atoms with Gasteiger partial charge in [0.1, 0.15) is 0 Å². The number of amides is 1. The maximum atomic E-state index is 12.2. The first-order valence-corrected chi connectivity index (χ1v) is 5.56. The van der Waals surface area contributed by atoms with E-state index in [0.29, 0.717) is 18.1 Å². The summed E-state index contributed by atoms with van der Waals surface area (Å²) in [6.07, 6.45) is 1.08. The second-order valence-electron chi connectivity index (χ2n) is 4.91. The van der Waals surface area contributed by atoms with Crippen molar-refractivity contribution in [3.8, 4) is 5.75 Å². The third kappa shape index (κ3) is 1.86. The van der Waals surface area contributed by atoms with Gasteiger partial charge in [-0.3, -0.25) is 9.69 Å². The van der Waals surface area contributed by atoms with Crippen molar-refractivity contribution in [1.29, 1.82) is 0 Å². The number of likely N-dealkylation sites (N-methyl/N-ethyl adjacent to an activating group) is 1. The summed E-state index contributed by atoms with van der Waals surface area (Å²) in [7, 11) is 1.70. The minimum Gasteiger partial charge on any atom is -0.476 e. The van der Waals surface area contributed by atoms with Crippen LogP contribution >= 0.6 is 0 Å². The number of hydrogen-bond donors (Lipinski definition) is 1. The summed E-state index contributed by atoms with van der Waals surface area (Å²) in [5, 5.41) is 0. The predicted molar refractivity (Wildman–Crippen MR) is 64.9 cm³/mol. The molecule has 0 aliphatic carbocycles. The normalized spacial score (nSPS) is 19.9. The quantitative estimate of drug-likeness (QED) is 0.823. The highest BCUT2D eigenvalue weighted by atomic mass is 16.5. The van der Waals surface area contributed by atoms with Crippen LogP contribution in [0.5, 0.6) is 5.75 Å². The van der Waals surface area contributed by atoms with Gasteiger partial charge in [0.15, 0.2) is 17.7 Å². The molecule has 5 nitrogen and oxygen atoms in total. The number of aromatic nitrogens is 1. The highest BCUT2D eigenvalue weighted by molar-refractivity contribution is 5.99. The number of rotatable bonds is 2. The van der Waals surface area contributed by atoms with Gasteiger partial charge in [0.25, 0.3) is 5.91 Å². The van der Waals surface area contributed by atoms with E-state index in [1.807, 2.05) is 19.9 Å². The lowest BCUT2D eigenvalue weighted by atomic mass is 9.85. The standard InChI is InChI=1S/C12H17N3O2/c1-12(2,7-13)9-11(16)15(3)10-8(17-9)5-4-6-14-10/h4-6,9H,7,13H2,1-3H3. The van der Waals surface area contributed by atoms with Crippen molar-refractivity contribution in [1.82, 2.24) is 4.98 Å². The van der Waals surface area contributed by atoms with Crippen LogP contribution in [0.1, 0.15) is 13.8 Å². The smallest absolute Gasteiger partial charge is 0.269 e. The van der Waals surface area contributed by atoms with Gasteiger partial charge in [-0.1, -0.05) is 13.8 Å². The second-order valence-corrected chi connectivity index (χ2v) is 4.91. The van der Waals surface area contributed by atoms with E-state index in [9.17, 15) is 4.79 Å². The fourth-order valence-corrected chi connectivity index (χ4v) is 1.78. The first-order valence-electron chi connectivity index (χ1n) is 5.56. The van der Waals surface area contributed by atoms with E-state index < -0.39 is 11.5 Å². The highest BCUT2D eigenvalue weighted by Crippen LogP contribution is 2.35. The fourth-order valence-electron chi connectivity index (χ4n) is 1.78. The van der Waals surface area contributed by atoms with Crippen molar-refractivity contribution < 1.29 is 9.53 Å². The highest BCUT2D eigenvalue weighted by Gasteiger charge is 2.42. The number of anilines is 1. The van der Waals surface area contributed by atoms with Crippen LogP contribution in [0, 0.1) is 5.41 Å². The number of ether oxygens (including phenoxy) is 1. The topological polar surface area (TPSA) is 68.5 Å². The van der Waals surface area contributed by atoms with Gasteiger partial charge in [0.2, 0.25) is 0 Å². The third-order valence-corrected chi connectivity index (χ3v) is 3.10. The largest absolute Gasteiger partial charge is 0.476 e. The number of hydrogen-bond acceptors (Lipinski definition) is 4. The lowest BCUT2D eigenvalue weighted by Crippen LogP contribution is -2.53. The molecular weight excluding hydrogens is 218 g/mol. The Balaban J connectivity index is 2.41. The molecule has 5 heteroatoms. The van der Waals surface area contributed by atoms with Gasteiger partial charge in [-0.15, -0.1) is 0 Å². The maximum absolute atomic E-state index is 12.2. The Morgan fingerprint density at radius 3 is 2.94 bits per heavy atom. The zero-order valence-electron chi connectivity index (χ0n) is 10.3. The molecule has 0 saturated heterocycles. The SMILES string of the molecule is CN1C(=O)C(C(C)(C)CN)Oc2cccnc21. The van der Waals surface area contributed by atoms with Crippen LogP contribution in [0.25, 0.3) is 0 Å². The number of carbonyl (C=O) groups is 1. The average Bonchev–Trinajstić information content (AvgIpc) is 2.33. The monoisotopic (exact) mass is 235 g/mol. The third-order valence-electron chi connectivity index (χ3n) is 3.10. The zero-order chi connectivity index (χ0) is 12.6. The van der Waals surface area contributed by atoms with Crippen LogP contribution in [0.3, 0.4) is 0 Å². The molecule has 0 radical (unpaired) electrons. The minimum atomic E-state index is -0.561. The molecule has 2 N–H and O–H groups in total. The molecule has 1 aromatic heterocycles. The van der Waals surface area contributed by atoms with Crippen LogP contribution in [-0.4, -0.2) is 30.6 Å². The molecule has 1 unspecified atom stereocenters. The molecule has 2 rings (SSSR count). The predicted octanol–water partition coefficient (Wildman–Crippen LogP) is 0.790.